The molecule has 0 radical (unpaired) electrons. The van der Waals surface area contributed by atoms with Crippen LogP contribution >= 0.6 is 0 Å². The quantitative estimate of drug-likeness (QED) is 0.364. The van der Waals surface area contributed by atoms with Gasteiger partial charge in [0.2, 0.25) is 5.96 Å². The van der Waals surface area contributed by atoms with Crippen molar-refractivity contribution in [1.29, 1.82) is 0 Å². The number of hydroxylamine groups is 1. The van der Waals surface area contributed by atoms with Gasteiger partial charge in [0, 0.05) is 5.92 Å². The van der Waals surface area contributed by atoms with Crippen molar-refractivity contribution in [2.75, 3.05) is 6.54 Å². The minimum Gasteiger partial charge on any atom is -0.368 e. The Bertz CT molecular complexity index is 362. The standard InChI is InChI=1S/C10H13N3O/c11-10(13-14)12-6-8-5-7-3-1-2-4-9(7)8/h1-4,8,14H,5-6H2,(H3,11,12,13). The van der Waals surface area contributed by atoms with E-state index in [0.717, 1.165) is 6.42 Å². The number of hydrogen-bond donors (Lipinski definition) is 3. The lowest BCUT2D eigenvalue weighted by molar-refractivity contribution is 0.232. The van der Waals surface area contributed by atoms with E-state index in [1.807, 2.05) is 17.6 Å². The van der Waals surface area contributed by atoms with Gasteiger partial charge in [-0.1, -0.05) is 24.3 Å². The lowest BCUT2D eigenvalue weighted by Gasteiger charge is -2.28. The summed E-state index contributed by atoms with van der Waals surface area (Å²) in [6, 6.07) is 8.31. The van der Waals surface area contributed by atoms with Gasteiger partial charge in [0.1, 0.15) is 0 Å². The molecule has 0 bridgehead atoms. The minimum atomic E-state index is 0.0781. The van der Waals surface area contributed by atoms with E-state index in [9.17, 15) is 0 Å². The fraction of sp³-hybridized carbons (Fsp3) is 0.300. The van der Waals surface area contributed by atoms with Crippen LogP contribution in [-0.4, -0.2) is 17.7 Å². The van der Waals surface area contributed by atoms with Crippen molar-refractivity contribution >= 4 is 5.96 Å². The van der Waals surface area contributed by atoms with Crippen LogP contribution in [0, 0.1) is 0 Å². The molecule has 0 aliphatic heterocycles. The van der Waals surface area contributed by atoms with Crippen molar-refractivity contribution in [3.05, 3.63) is 35.4 Å². The van der Waals surface area contributed by atoms with Crippen LogP contribution in [-0.2, 0) is 6.42 Å². The zero-order chi connectivity index (χ0) is 9.97. The Balaban J connectivity index is 1.99. The molecule has 0 heterocycles. The number of guanidine groups is 1. The van der Waals surface area contributed by atoms with Crippen molar-refractivity contribution < 1.29 is 5.21 Å². The number of nitrogens with two attached hydrogens (primary N) is 1. The fourth-order valence-corrected chi connectivity index (χ4v) is 1.77. The average molecular weight is 191 g/mol. The Morgan fingerprint density at radius 1 is 1.57 bits per heavy atom. The largest absolute Gasteiger partial charge is 0.368 e. The first-order valence-electron chi connectivity index (χ1n) is 4.59. The number of aliphatic imine (C=N–C) groups is 1. The highest BCUT2D eigenvalue weighted by Gasteiger charge is 2.24. The molecule has 4 nitrogen and oxygen atoms in total. The van der Waals surface area contributed by atoms with E-state index in [2.05, 4.69) is 17.1 Å². The number of benzene rings is 1. The van der Waals surface area contributed by atoms with E-state index in [4.69, 9.17) is 10.9 Å². The first-order chi connectivity index (χ1) is 6.81. The van der Waals surface area contributed by atoms with Gasteiger partial charge in [0.15, 0.2) is 0 Å². The summed E-state index contributed by atoms with van der Waals surface area (Å²) in [5.41, 5.74) is 9.87. The summed E-state index contributed by atoms with van der Waals surface area (Å²) in [4.78, 5) is 4.00. The van der Waals surface area contributed by atoms with Crippen LogP contribution in [0.15, 0.2) is 29.3 Å². The first-order valence-corrected chi connectivity index (χ1v) is 4.59. The van der Waals surface area contributed by atoms with Crippen molar-refractivity contribution in [3.63, 3.8) is 0 Å². The Labute approximate surface area is 82.4 Å². The molecule has 1 aromatic rings. The van der Waals surface area contributed by atoms with Crippen molar-refractivity contribution in [2.24, 2.45) is 10.7 Å². The lowest BCUT2D eigenvalue weighted by Crippen LogP contribution is -2.30. The van der Waals surface area contributed by atoms with Gasteiger partial charge in [-0.05, 0) is 17.5 Å². The van der Waals surface area contributed by atoms with Gasteiger partial charge in [-0.2, -0.15) is 0 Å². The highest BCUT2D eigenvalue weighted by Crippen LogP contribution is 2.34. The van der Waals surface area contributed by atoms with Crippen LogP contribution in [0.2, 0.25) is 0 Å². The topological polar surface area (TPSA) is 70.6 Å². The number of nitrogens with one attached hydrogen (secondary N) is 1. The fourth-order valence-electron chi connectivity index (χ4n) is 1.77. The van der Waals surface area contributed by atoms with Gasteiger partial charge >= 0.3 is 0 Å². The van der Waals surface area contributed by atoms with E-state index < -0.39 is 0 Å². The van der Waals surface area contributed by atoms with Crippen LogP contribution in [0.3, 0.4) is 0 Å². The zero-order valence-corrected chi connectivity index (χ0v) is 7.77. The molecular formula is C10H13N3O. The number of nitrogens with zero attached hydrogens (tertiary/aromatic N) is 1. The molecule has 1 atom stereocenters. The Morgan fingerprint density at radius 2 is 2.36 bits per heavy atom. The Kier molecular flexibility index (Phi) is 2.37. The summed E-state index contributed by atoms with van der Waals surface area (Å²) in [6.45, 7) is 0.635. The number of fused-ring (bicyclic) bond motifs is 1. The molecule has 1 aliphatic carbocycles. The second-order valence-corrected chi connectivity index (χ2v) is 3.44. The highest BCUT2D eigenvalue weighted by atomic mass is 16.5. The normalized spacial score (nSPS) is 19.8. The summed E-state index contributed by atoms with van der Waals surface area (Å²) < 4.78 is 0. The third-order valence-corrected chi connectivity index (χ3v) is 2.56. The molecule has 14 heavy (non-hydrogen) atoms. The van der Waals surface area contributed by atoms with Crippen LogP contribution in [0.5, 0.6) is 0 Å². The van der Waals surface area contributed by atoms with Gasteiger partial charge in [-0.15, -0.1) is 0 Å². The molecule has 1 aliphatic rings. The molecule has 4 N–H and O–H groups in total. The number of rotatable bonds is 2. The molecule has 74 valence electrons. The van der Waals surface area contributed by atoms with E-state index >= 15 is 0 Å². The van der Waals surface area contributed by atoms with Crippen LogP contribution in [0.4, 0.5) is 0 Å². The summed E-state index contributed by atoms with van der Waals surface area (Å²) in [7, 11) is 0. The lowest BCUT2D eigenvalue weighted by atomic mass is 9.78. The summed E-state index contributed by atoms with van der Waals surface area (Å²) in [5, 5.41) is 8.43. The second kappa shape index (κ2) is 3.67. The Morgan fingerprint density at radius 3 is 3.07 bits per heavy atom. The van der Waals surface area contributed by atoms with Crippen molar-refractivity contribution in [2.45, 2.75) is 12.3 Å². The van der Waals surface area contributed by atoms with Crippen molar-refractivity contribution in [1.82, 2.24) is 5.48 Å². The van der Waals surface area contributed by atoms with Crippen LogP contribution in [0.1, 0.15) is 17.0 Å². The maximum Gasteiger partial charge on any atom is 0.212 e. The molecular weight excluding hydrogens is 178 g/mol. The summed E-state index contributed by atoms with van der Waals surface area (Å²) in [6.07, 6.45) is 1.05. The predicted molar refractivity (Wildman–Crippen MR) is 54.3 cm³/mol. The molecule has 2 rings (SSSR count). The van der Waals surface area contributed by atoms with E-state index in [1.165, 1.54) is 11.1 Å². The molecule has 0 aromatic heterocycles. The van der Waals surface area contributed by atoms with Gasteiger partial charge in [-0.25, -0.2) is 5.48 Å². The highest BCUT2D eigenvalue weighted by molar-refractivity contribution is 5.76. The van der Waals surface area contributed by atoms with Crippen LogP contribution < -0.4 is 11.2 Å². The minimum absolute atomic E-state index is 0.0781. The first kappa shape index (κ1) is 9.02. The van der Waals surface area contributed by atoms with Crippen LogP contribution in [0.25, 0.3) is 0 Å². The summed E-state index contributed by atoms with van der Waals surface area (Å²) >= 11 is 0. The van der Waals surface area contributed by atoms with Gasteiger partial charge in [0.25, 0.3) is 0 Å². The molecule has 0 fully saturated rings. The smallest absolute Gasteiger partial charge is 0.212 e. The van der Waals surface area contributed by atoms with Crippen molar-refractivity contribution in [3.8, 4) is 0 Å². The maximum atomic E-state index is 8.43. The number of hydrogen-bond acceptors (Lipinski definition) is 2. The van der Waals surface area contributed by atoms with Gasteiger partial charge in [0.05, 0.1) is 6.54 Å². The molecule has 1 unspecified atom stereocenters. The SMILES string of the molecule is NC(=NCC1Cc2ccccc21)NO. The van der Waals surface area contributed by atoms with E-state index in [0.29, 0.717) is 12.5 Å². The predicted octanol–water partition coefficient (Wildman–Crippen LogP) is 0.620. The molecule has 1 aromatic carbocycles. The summed E-state index contributed by atoms with van der Waals surface area (Å²) in [5.74, 6) is 0.535. The maximum absolute atomic E-state index is 8.43. The van der Waals surface area contributed by atoms with Gasteiger partial charge in [-0.3, -0.25) is 10.2 Å². The Hall–Kier alpha value is -1.55. The molecule has 0 saturated heterocycles. The molecule has 0 amide bonds. The van der Waals surface area contributed by atoms with Gasteiger partial charge < -0.3 is 5.73 Å². The third-order valence-electron chi connectivity index (χ3n) is 2.56. The second-order valence-electron chi connectivity index (χ2n) is 3.44. The van der Waals surface area contributed by atoms with E-state index in [-0.39, 0.29) is 5.96 Å². The molecule has 0 spiro atoms. The van der Waals surface area contributed by atoms with E-state index in [1.54, 1.807) is 0 Å². The third kappa shape index (κ3) is 1.56. The zero-order valence-electron chi connectivity index (χ0n) is 7.77. The monoisotopic (exact) mass is 191 g/mol. The average Bonchev–Trinajstić information content (AvgIpc) is 2.19. The molecule has 4 heteroatoms. The molecule has 0 saturated carbocycles.